The summed E-state index contributed by atoms with van der Waals surface area (Å²) in [7, 11) is 4.34. The van der Waals surface area contributed by atoms with Gasteiger partial charge in [-0.05, 0) is 74.4 Å². The SMILES string of the molecule is [CH2+][C@@H]1OC2[C@H](n3cc(C)c(=O)[nH]c3=O)O[C@]1(COP(O)(=S)O[C@@H]1C(OCCOC)[C@H](n3cnc4c(=O)[nH]c(N)nc43)O[C@@H]1COP(O)(=S)O[C@@H]1C3O[C@@H](C)[C@]1(COP(O)(=S)O[C@@H]1C(OCCOC)[C@H](n4cnc5c(=O)[nH]c(N)nc54)O[C@@H]1CC)O[C@H]3n1cnc3c(N)ncnc31)[C@@H]2OP(O)(=S)OC[C@H]1O[C@@H](C)C(OCCOC)[C@H]1O. The molecule has 55 heteroatoms. The average Bonchev–Trinajstić information content (AvgIpc) is 1.52. The Hall–Kier alpha value is -5.24. The van der Waals surface area contributed by atoms with Crippen LogP contribution in [0, 0.1) is 13.8 Å². The Bertz CT molecular complexity index is 5170. The highest BCUT2D eigenvalue weighted by atomic mass is 32.5. The number of nitrogens with one attached hydrogen (secondary N) is 3. The second-order valence-corrected chi connectivity index (χ2v) is 38.6. The molecule has 14 rings (SSSR count). The Kier molecular flexibility index (Phi) is 25.7. The molecule has 7 aromatic heterocycles. The molecule has 4 bridgehead atoms. The first-order valence-electron chi connectivity index (χ1n) is 35.4. The van der Waals surface area contributed by atoms with E-state index in [1.165, 1.54) is 73.5 Å². The molecule has 0 aliphatic carbocycles. The average molecular weight is 1780 g/mol. The van der Waals surface area contributed by atoms with Crippen molar-refractivity contribution in [1.29, 1.82) is 0 Å². The first-order valence-corrected chi connectivity index (χ1v) is 45.8. The summed E-state index contributed by atoms with van der Waals surface area (Å²) >= 11 is 23.1. The number of nitrogen functional groups attached to an aromatic ring is 3. The van der Waals surface area contributed by atoms with Crippen molar-refractivity contribution in [3.63, 3.8) is 0 Å². The zero-order chi connectivity index (χ0) is 82.2. The molecule has 7 aliphatic heterocycles. The number of nitrogens with zero attached hydrogens (tertiary/aromatic N) is 11. The molecule has 632 valence electrons. The molecular formula is C60H84N17O30P4S4+. The lowest BCUT2D eigenvalue weighted by Gasteiger charge is -2.37. The normalized spacial score (nSPS) is 33.9. The Morgan fingerprint density at radius 2 is 1.01 bits per heavy atom. The number of nitrogens with two attached hydrogens (primary N) is 3. The molecule has 26 atom stereocenters. The Balaban J connectivity index is 0.754. The molecule has 7 aromatic rings. The van der Waals surface area contributed by atoms with Gasteiger partial charge in [0.05, 0.1) is 110 Å². The highest BCUT2D eigenvalue weighted by Crippen LogP contribution is 2.62. The van der Waals surface area contributed by atoms with Gasteiger partial charge in [0, 0.05) is 33.1 Å². The number of ether oxygens (including phenoxy) is 13. The number of hydrogen-bond acceptors (Lipinski definition) is 40. The third-order valence-corrected chi connectivity index (χ3v) is 26.5. The fraction of sp³-hybridized carbons (Fsp3) is 0.667. The second kappa shape index (κ2) is 34.3. The van der Waals surface area contributed by atoms with E-state index in [0.717, 1.165) is 4.57 Å². The molecule has 14 N–H and O–H groups in total. The number of hydrogen-bond donors (Lipinski definition) is 11. The zero-order valence-electron chi connectivity index (χ0n) is 61.9. The van der Waals surface area contributed by atoms with Gasteiger partial charge in [0.2, 0.25) is 18.0 Å². The van der Waals surface area contributed by atoms with Crippen LogP contribution in [0.25, 0.3) is 33.5 Å². The van der Waals surface area contributed by atoms with Gasteiger partial charge < -0.3 is 122 Å². The van der Waals surface area contributed by atoms with Crippen molar-refractivity contribution >= 4 is 125 Å². The van der Waals surface area contributed by atoms with E-state index < -0.39 is 209 Å². The Morgan fingerprint density at radius 3 is 1.57 bits per heavy atom. The van der Waals surface area contributed by atoms with Crippen molar-refractivity contribution in [2.24, 2.45) is 0 Å². The van der Waals surface area contributed by atoms with Crippen LogP contribution in [0.1, 0.15) is 57.7 Å². The third kappa shape index (κ3) is 17.2. The monoisotopic (exact) mass is 1770 g/mol. The fourth-order valence-electron chi connectivity index (χ4n) is 14.8. The molecule has 0 spiro atoms. The number of rotatable bonds is 37. The quantitative estimate of drug-likeness (QED) is 0.0120. The number of methoxy groups -OCH3 is 3. The van der Waals surface area contributed by atoms with Crippen molar-refractivity contribution in [1.82, 2.24) is 68.1 Å². The lowest BCUT2D eigenvalue weighted by Crippen LogP contribution is -2.51. The topological polar surface area (TPSA) is 599 Å². The van der Waals surface area contributed by atoms with Gasteiger partial charge in [-0.1, -0.05) is 6.92 Å². The maximum atomic E-state index is 13.6. The predicted molar refractivity (Wildman–Crippen MR) is 408 cm³/mol. The van der Waals surface area contributed by atoms with Crippen molar-refractivity contribution in [3.8, 4) is 0 Å². The minimum Gasteiger partial charge on any atom is -0.387 e. The largest absolute Gasteiger partial charge is 0.387 e. The van der Waals surface area contributed by atoms with Crippen molar-refractivity contribution in [2.45, 2.75) is 168 Å². The summed E-state index contributed by atoms with van der Waals surface area (Å²) in [5, 5.41) is 11.2. The molecule has 0 saturated carbocycles. The van der Waals surface area contributed by atoms with Crippen LogP contribution in [0.15, 0.2) is 50.7 Å². The third-order valence-electron chi connectivity index (χ3n) is 20.3. The summed E-state index contributed by atoms with van der Waals surface area (Å²) < 4.78 is 135. The number of fused-ring (bicyclic) bond motifs is 7. The molecule has 9 unspecified atom stereocenters. The van der Waals surface area contributed by atoms with E-state index in [0.29, 0.717) is 0 Å². The summed E-state index contributed by atoms with van der Waals surface area (Å²) in [6, 6.07) is 0. The lowest BCUT2D eigenvalue weighted by molar-refractivity contribution is -0.214. The van der Waals surface area contributed by atoms with Crippen molar-refractivity contribution in [3.05, 3.63) is 85.5 Å². The van der Waals surface area contributed by atoms with Crippen LogP contribution >= 0.6 is 26.9 Å². The highest BCUT2D eigenvalue weighted by molar-refractivity contribution is 8.08. The van der Waals surface area contributed by atoms with Crippen LogP contribution in [0.3, 0.4) is 0 Å². The zero-order valence-corrected chi connectivity index (χ0v) is 68.8. The van der Waals surface area contributed by atoms with E-state index in [2.05, 4.69) is 56.8 Å². The van der Waals surface area contributed by atoms with Gasteiger partial charge in [-0.25, -0.2) is 29.7 Å². The number of imidazole rings is 3. The van der Waals surface area contributed by atoms with E-state index in [4.69, 9.17) is 162 Å². The summed E-state index contributed by atoms with van der Waals surface area (Å²) in [5.74, 6) is -0.530. The number of aliphatic hydroxyl groups is 1. The number of anilines is 3. The molecule has 115 heavy (non-hydrogen) atoms. The molecular weight excluding hydrogens is 1690 g/mol. The van der Waals surface area contributed by atoms with Crippen LogP contribution in [0.5, 0.6) is 0 Å². The molecule has 14 heterocycles. The maximum Gasteiger partial charge on any atom is 0.330 e. The molecule has 0 amide bonds. The van der Waals surface area contributed by atoms with Gasteiger partial charge in [0.1, 0.15) is 90.7 Å². The van der Waals surface area contributed by atoms with Gasteiger partial charge in [0.15, 0.2) is 64.3 Å². The van der Waals surface area contributed by atoms with Crippen LogP contribution in [0.4, 0.5) is 17.7 Å². The van der Waals surface area contributed by atoms with Gasteiger partial charge in [-0.3, -0.25) is 65.7 Å². The van der Waals surface area contributed by atoms with Gasteiger partial charge >= 0.3 is 32.6 Å². The van der Waals surface area contributed by atoms with E-state index in [1.807, 2.05) is 0 Å². The predicted octanol–water partition coefficient (Wildman–Crippen LogP) is -1.46. The first-order chi connectivity index (χ1) is 54.6. The number of aromatic amines is 3. The summed E-state index contributed by atoms with van der Waals surface area (Å²) in [4.78, 5) is 139. The number of H-pyrrole nitrogens is 3. The maximum absolute atomic E-state index is 13.6. The van der Waals surface area contributed by atoms with E-state index >= 15 is 0 Å². The van der Waals surface area contributed by atoms with E-state index in [-0.39, 0.29) is 103 Å². The lowest BCUT2D eigenvalue weighted by atomic mass is 9.94. The summed E-state index contributed by atoms with van der Waals surface area (Å²) in [6.07, 6.45) is -19.1. The Morgan fingerprint density at radius 1 is 0.539 bits per heavy atom. The minimum absolute atomic E-state index is 0.00948. The number of aryl methyl sites for hydroxylation is 1. The van der Waals surface area contributed by atoms with Crippen molar-refractivity contribution in [2.75, 3.05) is 105 Å². The minimum atomic E-state index is -4.92. The van der Waals surface area contributed by atoms with Crippen LogP contribution in [-0.2, 0) is 145 Å². The summed E-state index contributed by atoms with van der Waals surface area (Å²) in [6.45, 7) is -11.2. The smallest absolute Gasteiger partial charge is 0.330 e. The fourth-order valence-corrected chi connectivity index (χ4v) is 20.6. The molecule has 47 nitrogen and oxygen atoms in total. The number of aromatic nitrogens is 14. The standard InChI is InChI=1S/C60H83N17O30P4S4/c1-9-29-37(39(91-14-11-88-7)52(100-29)76-23-67-33-47(76)69-56(62)71-50(33)80)104-110(85,114)95-20-60-28(5)99-42(55(103-60)75-22-66-32-45(61)64-21-65-46(32)75)44(60)107-109(84,113)94-18-31-38(40(92-15-12-89-8)53(101-31)77-24-68-34-48(77)70-57(63)72-51(34)81)105-111(86,115)96-19-59-27(4)98-41(54(102-59)74-16-25(2)49(79)73-58(74)82)43(59)106-108(83,112)93-17-30-35(78)36(26(3)97-30)90-13-10-87-6/h16,21-24,26-31,35-44,52-55,78H,4,9-15,17-20H2,1-3,5-8H3,(H12-,61,62,63,64,65,69,70,71,72,73,79,80,81,82,83,84,85,86,112,113,114,115)/p+1/t26-,27-,28-,29+,30+,31+,35-,36?,37-,38-,39?,40?,41?,42?,43+,44+,52+,53+,54+,55+,59-,60-,108?,109?,110?,111?/m0/s1. The number of aliphatic hydroxyl groups excluding tert-OH is 1. The van der Waals surface area contributed by atoms with Gasteiger partial charge in [-0.2, -0.15) is 9.97 Å². The molecule has 0 radical (unpaired) electrons. The van der Waals surface area contributed by atoms with Crippen LogP contribution in [-0.4, -0.2) is 289 Å². The molecule has 0 aromatic carbocycles. The van der Waals surface area contributed by atoms with E-state index in [9.17, 15) is 43.9 Å². The van der Waals surface area contributed by atoms with E-state index in [1.54, 1.807) is 20.8 Å². The molecule has 7 saturated heterocycles. The highest BCUT2D eigenvalue weighted by Gasteiger charge is 2.73. The Labute approximate surface area is 670 Å². The molecule has 7 fully saturated rings. The summed E-state index contributed by atoms with van der Waals surface area (Å²) in [5.41, 5.74) is 11.2. The van der Waals surface area contributed by atoms with Gasteiger partial charge in [-0.15, -0.1) is 0 Å². The van der Waals surface area contributed by atoms with Crippen LogP contribution < -0.4 is 39.6 Å². The van der Waals surface area contributed by atoms with Crippen LogP contribution in [0.2, 0.25) is 0 Å². The first kappa shape index (κ1) is 86.2. The van der Waals surface area contributed by atoms with Crippen molar-refractivity contribution < 1.29 is 122 Å². The molecule has 7 aliphatic rings. The van der Waals surface area contributed by atoms with Gasteiger partial charge in [0.25, 0.3) is 16.7 Å². The second-order valence-electron chi connectivity index (χ2n) is 27.5.